The summed E-state index contributed by atoms with van der Waals surface area (Å²) in [7, 11) is 0. The van der Waals surface area contributed by atoms with E-state index in [9.17, 15) is 14.4 Å². The highest BCUT2D eigenvalue weighted by atomic mass is 16.5. The molecular formula is C27H35N3O5. The number of unbranched alkanes of at least 4 members (excludes halogenated alkanes) is 1. The molecule has 0 saturated carbocycles. The maximum atomic E-state index is 12.5. The summed E-state index contributed by atoms with van der Waals surface area (Å²) in [5.41, 5.74) is 3.28. The lowest BCUT2D eigenvalue weighted by Crippen LogP contribution is -2.51. The SMILES string of the molecule is CCCCOc1ccc(C(=O)OCC(=O)N2CCN(CC(=O)Nc3c(C)cccc3C)CC2)cc1. The Balaban J connectivity index is 1.38. The smallest absolute Gasteiger partial charge is 0.338 e. The summed E-state index contributed by atoms with van der Waals surface area (Å²) in [6, 6.07) is 12.6. The predicted octanol–water partition coefficient (Wildman–Crippen LogP) is 3.42. The molecule has 0 spiro atoms. The molecular weight excluding hydrogens is 446 g/mol. The highest BCUT2D eigenvalue weighted by Crippen LogP contribution is 2.19. The lowest BCUT2D eigenvalue weighted by molar-refractivity contribution is -0.136. The summed E-state index contributed by atoms with van der Waals surface area (Å²) >= 11 is 0. The molecule has 0 aromatic heterocycles. The van der Waals surface area contributed by atoms with E-state index >= 15 is 0 Å². The third kappa shape index (κ3) is 7.82. The van der Waals surface area contributed by atoms with E-state index in [1.807, 2.05) is 36.9 Å². The van der Waals surface area contributed by atoms with Crippen molar-refractivity contribution >= 4 is 23.5 Å². The molecule has 0 atom stereocenters. The van der Waals surface area contributed by atoms with Crippen molar-refractivity contribution < 1.29 is 23.9 Å². The summed E-state index contributed by atoms with van der Waals surface area (Å²) in [4.78, 5) is 41.0. The maximum Gasteiger partial charge on any atom is 0.338 e. The molecule has 188 valence electrons. The molecule has 3 rings (SSSR count). The van der Waals surface area contributed by atoms with Gasteiger partial charge in [-0.15, -0.1) is 0 Å². The van der Waals surface area contributed by atoms with Crippen LogP contribution in [0.3, 0.4) is 0 Å². The molecule has 8 heteroatoms. The van der Waals surface area contributed by atoms with Crippen LogP contribution in [0.2, 0.25) is 0 Å². The Kier molecular flexibility index (Phi) is 9.66. The molecule has 0 unspecified atom stereocenters. The van der Waals surface area contributed by atoms with Crippen LogP contribution in [-0.2, 0) is 14.3 Å². The van der Waals surface area contributed by atoms with Crippen molar-refractivity contribution in [2.45, 2.75) is 33.6 Å². The lowest BCUT2D eigenvalue weighted by Gasteiger charge is -2.34. The van der Waals surface area contributed by atoms with Crippen LogP contribution < -0.4 is 10.1 Å². The number of hydrogen-bond donors (Lipinski definition) is 1. The van der Waals surface area contributed by atoms with Gasteiger partial charge in [-0.05, 0) is 55.7 Å². The third-order valence-electron chi connectivity index (χ3n) is 6.02. The summed E-state index contributed by atoms with van der Waals surface area (Å²) in [5, 5.41) is 3.00. The van der Waals surface area contributed by atoms with Gasteiger partial charge >= 0.3 is 5.97 Å². The van der Waals surface area contributed by atoms with E-state index in [0.29, 0.717) is 44.1 Å². The number of anilines is 1. The van der Waals surface area contributed by atoms with E-state index in [0.717, 1.165) is 29.7 Å². The van der Waals surface area contributed by atoms with Crippen molar-refractivity contribution in [1.82, 2.24) is 9.80 Å². The number of aryl methyl sites for hydroxylation is 2. The van der Waals surface area contributed by atoms with E-state index in [1.165, 1.54) is 0 Å². The summed E-state index contributed by atoms with van der Waals surface area (Å²) < 4.78 is 10.8. The number of para-hydroxylation sites is 1. The van der Waals surface area contributed by atoms with E-state index < -0.39 is 5.97 Å². The first-order valence-corrected chi connectivity index (χ1v) is 12.1. The fourth-order valence-electron chi connectivity index (χ4n) is 3.87. The van der Waals surface area contributed by atoms with Gasteiger partial charge in [-0.3, -0.25) is 14.5 Å². The number of nitrogens with one attached hydrogen (secondary N) is 1. The molecule has 1 aliphatic heterocycles. The average molecular weight is 482 g/mol. The fraction of sp³-hybridized carbons (Fsp3) is 0.444. The number of amides is 2. The number of carbonyl (C=O) groups is 3. The highest BCUT2D eigenvalue weighted by Gasteiger charge is 2.23. The van der Waals surface area contributed by atoms with Gasteiger partial charge in [0.15, 0.2) is 6.61 Å². The van der Waals surface area contributed by atoms with Crippen molar-refractivity contribution in [3.8, 4) is 5.75 Å². The Morgan fingerprint density at radius 3 is 2.23 bits per heavy atom. The van der Waals surface area contributed by atoms with E-state index in [-0.39, 0.29) is 25.0 Å². The van der Waals surface area contributed by atoms with Crippen molar-refractivity contribution in [3.05, 3.63) is 59.2 Å². The Morgan fingerprint density at radius 1 is 0.943 bits per heavy atom. The zero-order valence-electron chi connectivity index (χ0n) is 20.8. The number of rotatable bonds is 10. The molecule has 1 N–H and O–H groups in total. The number of hydrogen-bond acceptors (Lipinski definition) is 6. The van der Waals surface area contributed by atoms with Crippen molar-refractivity contribution in [1.29, 1.82) is 0 Å². The fourth-order valence-corrected chi connectivity index (χ4v) is 3.87. The topological polar surface area (TPSA) is 88.2 Å². The molecule has 2 aromatic rings. The second-order valence-electron chi connectivity index (χ2n) is 8.77. The van der Waals surface area contributed by atoms with Gasteiger partial charge in [0, 0.05) is 31.9 Å². The largest absolute Gasteiger partial charge is 0.494 e. The van der Waals surface area contributed by atoms with Gasteiger partial charge in [-0.2, -0.15) is 0 Å². The monoisotopic (exact) mass is 481 g/mol. The first-order valence-electron chi connectivity index (χ1n) is 12.1. The van der Waals surface area contributed by atoms with Crippen LogP contribution in [-0.4, -0.2) is 73.5 Å². The number of ether oxygens (including phenoxy) is 2. The molecule has 1 aliphatic rings. The van der Waals surface area contributed by atoms with Crippen LogP contribution in [0, 0.1) is 13.8 Å². The minimum Gasteiger partial charge on any atom is -0.494 e. The van der Waals surface area contributed by atoms with Crippen LogP contribution in [0.5, 0.6) is 5.75 Å². The van der Waals surface area contributed by atoms with Crippen molar-refractivity contribution in [3.63, 3.8) is 0 Å². The molecule has 35 heavy (non-hydrogen) atoms. The summed E-state index contributed by atoms with van der Waals surface area (Å²) in [6.07, 6.45) is 2.02. The second-order valence-corrected chi connectivity index (χ2v) is 8.77. The van der Waals surface area contributed by atoms with Gasteiger partial charge in [-0.1, -0.05) is 31.5 Å². The van der Waals surface area contributed by atoms with Crippen LogP contribution in [0.15, 0.2) is 42.5 Å². The summed E-state index contributed by atoms with van der Waals surface area (Å²) in [6.45, 7) is 8.77. The number of carbonyl (C=O) groups excluding carboxylic acids is 3. The van der Waals surface area contributed by atoms with E-state index in [2.05, 4.69) is 12.2 Å². The molecule has 2 aromatic carbocycles. The summed E-state index contributed by atoms with van der Waals surface area (Å²) in [5.74, 6) is -0.151. The predicted molar refractivity (Wildman–Crippen MR) is 135 cm³/mol. The Hall–Kier alpha value is -3.39. The quantitative estimate of drug-likeness (QED) is 0.413. The molecule has 0 aliphatic carbocycles. The molecule has 8 nitrogen and oxygen atoms in total. The minimum atomic E-state index is -0.541. The van der Waals surface area contributed by atoms with Gasteiger partial charge in [0.2, 0.25) is 5.91 Å². The maximum absolute atomic E-state index is 12.5. The van der Waals surface area contributed by atoms with Crippen LogP contribution in [0.4, 0.5) is 5.69 Å². The number of benzene rings is 2. The zero-order chi connectivity index (χ0) is 25.2. The standard InChI is InChI=1S/C27H35N3O5/c1-4-5-17-34-23-11-9-22(10-12-23)27(33)35-19-25(32)30-15-13-29(14-16-30)18-24(31)28-26-20(2)7-6-8-21(26)3/h6-12H,4-5,13-19H2,1-3H3,(H,28,31). The van der Waals surface area contributed by atoms with Gasteiger partial charge in [-0.25, -0.2) is 4.79 Å². The Bertz CT molecular complexity index is 994. The van der Waals surface area contributed by atoms with Crippen LogP contribution in [0.25, 0.3) is 0 Å². The number of piperazine rings is 1. The lowest BCUT2D eigenvalue weighted by atomic mass is 10.1. The first kappa shape index (κ1) is 26.2. The number of nitrogens with zero attached hydrogens (tertiary/aromatic N) is 2. The highest BCUT2D eigenvalue weighted by molar-refractivity contribution is 5.94. The molecule has 2 amide bonds. The zero-order valence-corrected chi connectivity index (χ0v) is 20.8. The van der Waals surface area contributed by atoms with Crippen molar-refractivity contribution in [2.24, 2.45) is 0 Å². The first-order chi connectivity index (χ1) is 16.9. The Morgan fingerprint density at radius 2 is 1.60 bits per heavy atom. The molecule has 1 saturated heterocycles. The third-order valence-corrected chi connectivity index (χ3v) is 6.02. The molecule has 1 fully saturated rings. The second kappa shape index (κ2) is 12.9. The molecule has 0 bridgehead atoms. The normalized spacial score (nSPS) is 13.9. The van der Waals surface area contributed by atoms with Crippen LogP contribution >= 0.6 is 0 Å². The average Bonchev–Trinajstić information content (AvgIpc) is 2.86. The molecule has 0 radical (unpaired) electrons. The van der Waals surface area contributed by atoms with E-state index in [4.69, 9.17) is 9.47 Å². The number of esters is 1. The van der Waals surface area contributed by atoms with Gasteiger partial charge in [0.05, 0.1) is 18.7 Å². The molecule has 1 heterocycles. The minimum absolute atomic E-state index is 0.0714. The van der Waals surface area contributed by atoms with Gasteiger partial charge in [0.1, 0.15) is 5.75 Å². The van der Waals surface area contributed by atoms with Crippen LogP contribution in [0.1, 0.15) is 41.3 Å². The van der Waals surface area contributed by atoms with Gasteiger partial charge < -0.3 is 19.7 Å². The van der Waals surface area contributed by atoms with Crippen molar-refractivity contribution in [2.75, 3.05) is 51.3 Å². The van der Waals surface area contributed by atoms with Gasteiger partial charge in [0.25, 0.3) is 5.91 Å². The Labute approximate surface area is 207 Å². The van der Waals surface area contributed by atoms with E-state index in [1.54, 1.807) is 29.2 Å².